The predicted octanol–water partition coefficient (Wildman–Crippen LogP) is 5.33. The van der Waals surface area contributed by atoms with Crippen LogP contribution in [-0.2, 0) is 9.59 Å². The summed E-state index contributed by atoms with van der Waals surface area (Å²) >= 11 is 1.28. The summed E-state index contributed by atoms with van der Waals surface area (Å²) in [6.07, 6.45) is 1.78. The second kappa shape index (κ2) is 12.1. The first-order chi connectivity index (χ1) is 16.9. The number of rotatable bonds is 7. The predicted molar refractivity (Wildman–Crippen MR) is 143 cm³/mol. The Hall–Kier alpha value is -3.78. The van der Waals surface area contributed by atoms with E-state index in [9.17, 15) is 9.59 Å². The van der Waals surface area contributed by atoms with Crippen molar-refractivity contribution in [1.29, 1.82) is 0 Å². The number of carbonyl (C=O) groups excluding carboxylic acids is 2. The number of nitrogens with two attached hydrogens (primary N) is 1. The Morgan fingerprint density at radius 3 is 2.60 bits per heavy atom. The van der Waals surface area contributed by atoms with Gasteiger partial charge in [-0.05, 0) is 66.4 Å². The Labute approximate surface area is 209 Å². The summed E-state index contributed by atoms with van der Waals surface area (Å²) < 4.78 is 11.2. The van der Waals surface area contributed by atoms with E-state index in [2.05, 4.69) is 10.3 Å². The molecule has 0 saturated carbocycles. The molecule has 8 heteroatoms. The molecule has 0 aliphatic carbocycles. The zero-order chi connectivity index (χ0) is 25.4. The van der Waals surface area contributed by atoms with Gasteiger partial charge in [0.05, 0.1) is 17.2 Å². The Morgan fingerprint density at radius 2 is 1.86 bits per heavy atom. The fourth-order valence-electron chi connectivity index (χ4n) is 3.49. The van der Waals surface area contributed by atoms with Gasteiger partial charge in [0, 0.05) is 5.39 Å². The van der Waals surface area contributed by atoms with Crippen LogP contribution in [-0.4, -0.2) is 30.2 Å². The zero-order valence-electron chi connectivity index (χ0n) is 20.3. The molecule has 0 bridgehead atoms. The highest BCUT2D eigenvalue weighted by Gasteiger charge is 2.24. The first kappa shape index (κ1) is 25.8. The highest BCUT2D eigenvalue weighted by molar-refractivity contribution is 8.18. The molecule has 182 valence electrons. The maximum absolute atomic E-state index is 12.6. The van der Waals surface area contributed by atoms with Gasteiger partial charge in [0.25, 0.3) is 11.8 Å². The van der Waals surface area contributed by atoms with Crippen molar-refractivity contribution >= 4 is 51.3 Å². The first-order valence-corrected chi connectivity index (χ1v) is 12.2. The first-order valence-electron chi connectivity index (χ1n) is 11.4. The number of nitrogens with one attached hydrogen (secondary N) is 1. The number of ether oxygens (including phenoxy) is 2. The van der Waals surface area contributed by atoms with Crippen LogP contribution in [0.3, 0.4) is 0 Å². The van der Waals surface area contributed by atoms with Crippen LogP contribution in [0.25, 0.3) is 16.8 Å². The molecular formula is C27H29N3O4S. The fraction of sp³-hybridized carbons (Fsp3) is 0.222. The average molecular weight is 492 g/mol. The number of thioether (sulfide) groups is 1. The lowest BCUT2D eigenvalue weighted by atomic mass is 10.1. The van der Waals surface area contributed by atoms with Gasteiger partial charge < -0.3 is 20.5 Å². The van der Waals surface area contributed by atoms with E-state index >= 15 is 0 Å². The molecule has 7 nitrogen and oxygen atoms in total. The van der Waals surface area contributed by atoms with E-state index in [1.54, 1.807) is 12.1 Å². The number of carbonyl (C=O) groups is 2. The molecule has 2 amide bonds. The molecule has 0 atom stereocenters. The lowest BCUT2D eigenvalue weighted by Crippen LogP contribution is -2.20. The number of primary amides is 1. The van der Waals surface area contributed by atoms with Gasteiger partial charge in [-0.3, -0.25) is 9.59 Å². The minimum atomic E-state index is -0.569. The van der Waals surface area contributed by atoms with Crippen LogP contribution < -0.4 is 20.5 Å². The third-order valence-corrected chi connectivity index (χ3v) is 5.77. The summed E-state index contributed by atoms with van der Waals surface area (Å²) in [4.78, 5) is 28.9. The lowest BCUT2D eigenvalue weighted by Gasteiger charge is -2.14. The highest BCUT2D eigenvalue weighted by Crippen LogP contribution is 2.36. The molecule has 3 aromatic rings. The second-order valence-electron chi connectivity index (χ2n) is 7.33. The second-order valence-corrected chi connectivity index (χ2v) is 8.36. The van der Waals surface area contributed by atoms with Crippen molar-refractivity contribution in [3.8, 4) is 11.5 Å². The van der Waals surface area contributed by atoms with E-state index in [4.69, 9.17) is 15.2 Å². The van der Waals surface area contributed by atoms with Crippen molar-refractivity contribution in [1.82, 2.24) is 5.32 Å². The van der Waals surface area contributed by atoms with Gasteiger partial charge >= 0.3 is 0 Å². The summed E-state index contributed by atoms with van der Waals surface area (Å²) in [5.41, 5.74) is 7.52. The van der Waals surface area contributed by atoms with Gasteiger partial charge in [-0.2, -0.15) is 0 Å². The quantitative estimate of drug-likeness (QED) is 0.435. The number of hydrogen-bond donors (Lipinski definition) is 2. The van der Waals surface area contributed by atoms with Gasteiger partial charge in [0.1, 0.15) is 0 Å². The molecule has 35 heavy (non-hydrogen) atoms. The summed E-state index contributed by atoms with van der Waals surface area (Å²) in [7, 11) is 0. The maximum Gasteiger partial charge on any atom is 0.264 e. The van der Waals surface area contributed by atoms with Crippen LogP contribution in [0.2, 0.25) is 0 Å². The number of hydrogen-bond acceptors (Lipinski definition) is 6. The minimum absolute atomic E-state index is 0.219. The standard InChI is InChI=1S/C25H23N3O4S.C2H6/c1-3-31-20-12-16(11-15(2)23(20)32-14-22(26)29)13-21-24(30)28-25(33-21)27-19-10-6-8-17-7-4-5-9-18(17)19;1-2/h4-13H,3,14H2,1-2H3,(H2,26,29)(H,27,28,30);1-2H3/b21-13+;. The van der Waals surface area contributed by atoms with E-state index < -0.39 is 5.91 Å². The van der Waals surface area contributed by atoms with Crippen molar-refractivity contribution in [2.45, 2.75) is 27.7 Å². The Kier molecular flexibility index (Phi) is 8.92. The van der Waals surface area contributed by atoms with Crippen LogP contribution in [0.15, 0.2) is 64.5 Å². The lowest BCUT2D eigenvalue weighted by molar-refractivity contribution is -0.120. The van der Waals surface area contributed by atoms with E-state index in [1.165, 1.54) is 11.8 Å². The molecule has 0 radical (unpaired) electrons. The molecule has 4 rings (SSSR count). The van der Waals surface area contributed by atoms with Gasteiger partial charge in [-0.15, -0.1) is 0 Å². The number of aryl methyl sites for hydroxylation is 1. The van der Waals surface area contributed by atoms with Crippen molar-refractivity contribution in [2.24, 2.45) is 10.7 Å². The number of fused-ring (bicyclic) bond motifs is 1. The molecule has 1 fully saturated rings. The van der Waals surface area contributed by atoms with Crippen molar-refractivity contribution < 1.29 is 19.1 Å². The molecule has 0 aromatic heterocycles. The third-order valence-electron chi connectivity index (χ3n) is 4.86. The van der Waals surface area contributed by atoms with Gasteiger partial charge in [-0.25, -0.2) is 4.99 Å². The van der Waals surface area contributed by atoms with E-state index in [1.807, 2.05) is 76.2 Å². The molecule has 3 aromatic carbocycles. The van der Waals surface area contributed by atoms with Crippen LogP contribution in [0.5, 0.6) is 11.5 Å². The number of aliphatic imine (C=N–C) groups is 1. The number of benzene rings is 3. The molecule has 1 aliphatic heterocycles. The van der Waals surface area contributed by atoms with Crippen molar-refractivity contribution in [3.05, 3.63) is 70.6 Å². The zero-order valence-corrected chi connectivity index (χ0v) is 21.1. The largest absolute Gasteiger partial charge is 0.490 e. The van der Waals surface area contributed by atoms with Gasteiger partial charge in [-0.1, -0.05) is 50.2 Å². The fourth-order valence-corrected chi connectivity index (χ4v) is 4.32. The summed E-state index contributed by atoms with van der Waals surface area (Å²) in [6, 6.07) is 17.5. The normalized spacial score (nSPS) is 15.0. The smallest absolute Gasteiger partial charge is 0.264 e. The van der Waals surface area contributed by atoms with Crippen LogP contribution in [0.1, 0.15) is 31.9 Å². The monoisotopic (exact) mass is 491 g/mol. The summed E-state index contributed by atoms with van der Waals surface area (Å²) in [6.45, 7) is 7.88. The van der Waals surface area contributed by atoms with Crippen molar-refractivity contribution in [3.63, 3.8) is 0 Å². The molecule has 0 unspecified atom stereocenters. The number of nitrogens with zero attached hydrogens (tertiary/aromatic N) is 1. The Morgan fingerprint density at radius 1 is 1.11 bits per heavy atom. The van der Waals surface area contributed by atoms with Gasteiger partial charge in [0.15, 0.2) is 23.3 Å². The minimum Gasteiger partial charge on any atom is -0.490 e. The topological polar surface area (TPSA) is 103 Å². The van der Waals surface area contributed by atoms with E-state index in [0.29, 0.717) is 28.2 Å². The number of amidine groups is 1. The number of amides is 2. The van der Waals surface area contributed by atoms with Crippen LogP contribution in [0, 0.1) is 6.92 Å². The van der Waals surface area contributed by atoms with E-state index in [-0.39, 0.29) is 12.5 Å². The van der Waals surface area contributed by atoms with Crippen LogP contribution >= 0.6 is 11.8 Å². The Bertz CT molecular complexity index is 1300. The average Bonchev–Trinajstić information content (AvgIpc) is 3.18. The maximum atomic E-state index is 12.6. The van der Waals surface area contributed by atoms with Gasteiger partial charge in [0.2, 0.25) is 0 Å². The summed E-state index contributed by atoms with van der Waals surface area (Å²) in [5, 5.41) is 5.46. The highest BCUT2D eigenvalue weighted by atomic mass is 32.2. The molecule has 1 heterocycles. The molecule has 0 spiro atoms. The summed E-state index contributed by atoms with van der Waals surface area (Å²) in [5.74, 6) is 0.155. The van der Waals surface area contributed by atoms with E-state index in [0.717, 1.165) is 27.6 Å². The molecule has 1 saturated heterocycles. The molecule has 3 N–H and O–H groups in total. The molecular weight excluding hydrogens is 462 g/mol. The molecule has 1 aliphatic rings. The SMILES string of the molecule is CC.CCOc1cc(/C=C2/SC(=Nc3cccc4ccccc34)NC2=O)cc(C)c1OCC(N)=O. The van der Waals surface area contributed by atoms with Crippen LogP contribution in [0.4, 0.5) is 5.69 Å². The van der Waals surface area contributed by atoms with Crippen molar-refractivity contribution in [2.75, 3.05) is 13.2 Å². The third kappa shape index (κ3) is 6.42. The Balaban J connectivity index is 0.00000167.